The van der Waals surface area contributed by atoms with Crippen molar-refractivity contribution in [2.45, 2.75) is 50.1 Å². The number of unbranched alkanes of at least 4 members (excludes halogenated alkanes) is 2. The highest BCUT2D eigenvalue weighted by atomic mass is 35.5. The van der Waals surface area contributed by atoms with Crippen molar-refractivity contribution in [2.24, 2.45) is 0 Å². The van der Waals surface area contributed by atoms with Gasteiger partial charge in [0.15, 0.2) is 5.16 Å². The average molecular weight is 455 g/mol. The number of hydrogen-bond donors (Lipinski definition) is 1. The summed E-state index contributed by atoms with van der Waals surface area (Å²) in [7, 11) is 0. The normalized spacial score (nSPS) is 12.5. The number of rotatable bonds is 7. The zero-order valence-corrected chi connectivity index (χ0v) is 19.0. The first-order chi connectivity index (χ1) is 15.0. The van der Waals surface area contributed by atoms with Crippen LogP contribution >= 0.6 is 23.4 Å². The van der Waals surface area contributed by atoms with Crippen molar-refractivity contribution in [2.75, 3.05) is 0 Å². The van der Waals surface area contributed by atoms with E-state index in [4.69, 9.17) is 16.6 Å². The minimum absolute atomic E-state index is 0.0765. The first kappa shape index (κ1) is 21.6. The van der Waals surface area contributed by atoms with Crippen molar-refractivity contribution < 1.29 is 0 Å². The van der Waals surface area contributed by atoms with Crippen LogP contribution in [-0.4, -0.2) is 19.5 Å². The van der Waals surface area contributed by atoms with Gasteiger partial charge >= 0.3 is 0 Å². The number of benzene rings is 2. The van der Waals surface area contributed by atoms with E-state index in [0.717, 1.165) is 19.3 Å². The maximum atomic E-state index is 13.2. The minimum Gasteiger partial charge on any atom is -0.309 e. The lowest BCUT2D eigenvalue weighted by atomic mass is 10.2. The molecule has 1 unspecified atom stereocenters. The maximum absolute atomic E-state index is 13.2. The summed E-state index contributed by atoms with van der Waals surface area (Å²) in [5, 5.41) is 2.03. The second-order valence-electron chi connectivity index (χ2n) is 7.45. The predicted octanol–water partition coefficient (Wildman–Crippen LogP) is 5.33. The summed E-state index contributed by atoms with van der Waals surface area (Å²) in [5.41, 5.74) is 0.963. The van der Waals surface area contributed by atoms with Gasteiger partial charge in [-0.25, -0.2) is 9.97 Å². The van der Waals surface area contributed by atoms with Gasteiger partial charge in [-0.15, -0.1) is 0 Å². The molecule has 0 bridgehead atoms. The molecule has 4 aromatic rings. The predicted molar refractivity (Wildman–Crippen MR) is 127 cm³/mol. The summed E-state index contributed by atoms with van der Waals surface area (Å²) in [6, 6.07) is 12.4. The van der Waals surface area contributed by atoms with E-state index in [-0.39, 0.29) is 16.4 Å². The van der Waals surface area contributed by atoms with Gasteiger partial charge in [0.05, 0.1) is 27.1 Å². The molecular formula is C23H23ClN4O2S. The molecule has 8 heteroatoms. The molecule has 4 rings (SSSR count). The molecule has 1 N–H and O–H groups in total. The van der Waals surface area contributed by atoms with Crippen molar-refractivity contribution >= 4 is 45.2 Å². The second-order valence-corrected chi connectivity index (χ2v) is 9.19. The Kier molecular flexibility index (Phi) is 6.43. The van der Waals surface area contributed by atoms with E-state index in [1.165, 1.54) is 11.8 Å². The highest BCUT2D eigenvalue weighted by molar-refractivity contribution is 7.99. The molecule has 31 heavy (non-hydrogen) atoms. The van der Waals surface area contributed by atoms with Crippen LogP contribution < -0.4 is 11.1 Å². The Morgan fingerprint density at radius 2 is 1.87 bits per heavy atom. The molecule has 0 fully saturated rings. The fraction of sp³-hybridized carbons (Fsp3) is 0.304. The molecule has 2 aromatic heterocycles. The van der Waals surface area contributed by atoms with Crippen molar-refractivity contribution in [3.05, 3.63) is 74.0 Å². The van der Waals surface area contributed by atoms with Crippen molar-refractivity contribution in [1.29, 1.82) is 0 Å². The Hall–Kier alpha value is -2.64. The van der Waals surface area contributed by atoms with Crippen molar-refractivity contribution in [3.8, 4) is 0 Å². The Bertz CT molecular complexity index is 1370. The Morgan fingerprint density at radius 1 is 1.06 bits per heavy atom. The van der Waals surface area contributed by atoms with Crippen LogP contribution in [0.25, 0.3) is 21.8 Å². The highest BCUT2D eigenvalue weighted by Crippen LogP contribution is 2.32. The largest absolute Gasteiger partial charge is 0.309 e. The fourth-order valence-electron chi connectivity index (χ4n) is 3.49. The number of halogens is 1. The highest BCUT2D eigenvalue weighted by Gasteiger charge is 2.18. The van der Waals surface area contributed by atoms with E-state index in [1.807, 2.05) is 25.1 Å². The van der Waals surface area contributed by atoms with Gasteiger partial charge in [-0.3, -0.25) is 14.2 Å². The number of nitrogens with one attached hydrogen (secondary N) is 1. The summed E-state index contributed by atoms with van der Waals surface area (Å²) in [5.74, 6) is 0.550. The zero-order chi connectivity index (χ0) is 22.0. The van der Waals surface area contributed by atoms with Crippen LogP contribution in [0.1, 0.15) is 44.2 Å². The Balaban J connectivity index is 1.76. The first-order valence-corrected chi connectivity index (χ1v) is 11.6. The molecule has 0 aliphatic carbocycles. The minimum atomic E-state index is -0.210. The van der Waals surface area contributed by atoms with Crippen LogP contribution in [0.3, 0.4) is 0 Å². The molecule has 2 heterocycles. The molecule has 2 aromatic carbocycles. The third kappa shape index (κ3) is 4.52. The molecular weight excluding hydrogens is 432 g/mol. The number of nitrogens with zero attached hydrogens (tertiary/aromatic N) is 3. The molecule has 0 aliphatic rings. The van der Waals surface area contributed by atoms with Crippen LogP contribution in [-0.2, 0) is 6.54 Å². The van der Waals surface area contributed by atoms with E-state index in [2.05, 4.69) is 16.9 Å². The molecule has 1 atom stereocenters. The van der Waals surface area contributed by atoms with Gasteiger partial charge in [0.1, 0.15) is 5.82 Å². The maximum Gasteiger partial charge on any atom is 0.262 e. The van der Waals surface area contributed by atoms with E-state index in [0.29, 0.717) is 44.4 Å². The number of thioether (sulfide) groups is 1. The van der Waals surface area contributed by atoms with Gasteiger partial charge in [-0.2, -0.15) is 0 Å². The summed E-state index contributed by atoms with van der Waals surface area (Å²) in [4.78, 5) is 37.9. The van der Waals surface area contributed by atoms with Crippen LogP contribution in [0, 0.1) is 0 Å². The van der Waals surface area contributed by atoms with E-state index >= 15 is 0 Å². The second kappa shape index (κ2) is 9.24. The van der Waals surface area contributed by atoms with Crippen LogP contribution in [0.15, 0.2) is 57.2 Å². The standard InChI is InChI=1S/C23H23ClN4O2S/c1-3-4-7-12-28-22(30)17-11-10-15(24)13-19(17)26-23(28)31-14(2)20-25-18-9-6-5-8-16(18)21(29)27-20/h5-6,8-11,13-14H,3-4,7,12H2,1-2H3,(H,25,27,29). The van der Waals surface area contributed by atoms with Gasteiger partial charge in [-0.05, 0) is 43.7 Å². The summed E-state index contributed by atoms with van der Waals surface area (Å²) >= 11 is 7.54. The van der Waals surface area contributed by atoms with Gasteiger partial charge in [0.25, 0.3) is 11.1 Å². The molecule has 6 nitrogen and oxygen atoms in total. The van der Waals surface area contributed by atoms with Gasteiger partial charge in [-0.1, -0.05) is 55.3 Å². The van der Waals surface area contributed by atoms with Gasteiger partial charge < -0.3 is 4.98 Å². The van der Waals surface area contributed by atoms with Gasteiger partial charge in [0, 0.05) is 11.6 Å². The van der Waals surface area contributed by atoms with Crippen molar-refractivity contribution in [1.82, 2.24) is 19.5 Å². The number of fused-ring (bicyclic) bond motifs is 2. The topological polar surface area (TPSA) is 80.6 Å². The van der Waals surface area contributed by atoms with E-state index < -0.39 is 0 Å². The third-order valence-electron chi connectivity index (χ3n) is 5.17. The molecule has 0 aliphatic heterocycles. The van der Waals surface area contributed by atoms with Gasteiger partial charge in [0.2, 0.25) is 0 Å². The quantitative estimate of drug-likeness (QED) is 0.232. The van der Waals surface area contributed by atoms with E-state index in [1.54, 1.807) is 28.8 Å². The molecule has 160 valence electrons. The van der Waals surface area contributed by atoms with E-state index in [9.17, 15) is 9.59 Å². The lowest BCUT2D eigenvalue weighted by molar-refractivity contribution is 0.541. The molecule has 0 radical (unpaired) electrons. The molecule has 0 spiro atoms. The number of para-hydroxylation sites is 1. The first-order valence-electron chi connectivity index (χ1n) is 10.3. The monoisotopic (exact) mass is 454 g/mol. The summed E-state index contributed by atoms with van der Waals surface area (Å²) in [6.07, 6.45) is 2.99. The summed E-state index contributed by atoms with van der Waals surface area (Å²) in [6.45, 7) is 4.67. The molecule has 0 amide bonds. The number of aromatic nitrogens is 4. The molecule has 0 saturated heterocycles. The fourth-order valence-corrected chi connectivity index (χ4v) is 4.65. The average Bonchev–Trinajstić information content (AvgIpc) is 2.75. The molecule has 0 saturated carbocycles. The lowest BCUT2D eigenvalue weighted by Crippen LogP contribution is -2.24. The number of hydrogen-bond acceptors (Lipinski definition) is 5. The Morgan fingerprint density at radius 3 is 2.68 bits per heavy atom. The van der Waals surface area contributed by atoms with Crippen LogP contribution in [0.4, 0.5) is 0 Å². The van der Waals surface area contributed by atoms with Crippen molar-refractivity contribution in [3.63, 3.8) is 0 Å². The number of H-pyrrole nitrogens is 1. The lowest BCUT2D eigenvalue weighted by Gasteiger charge is -2.16. The smallest absolute Gasteiger partial charge is 0.262 e. The SMILES string of the molecule is CCCCCn1c(SC(C)c2nc3ccccc3c(=O)[nH]2)nc2cc(Cl)ccc2c1=O. The van der Waals surface area contributed by atoms with Crippen LogP contribution in [0.5, 0.6) is 0 Å². The number of aromatic amines is 1. The zero-order valence-electron chi connectivity index (χ0n) is 17.4. The van der Waals surface area contributed by atoms with Crippen LogP contribution in [0.2, 0.25) is 5.02 Å². The third-order valence-corrected chi connectivity index (χ3v) is 6.50. The Labute approximate surface area is 188 Å². The summed E-state index contributed by atoms with van der Waals surface area (Å²) < 4.78 is 1.73.